The van der Waals surface area contributed by atoms with Crippen molar-refractivity contribution in [3.8, 4) is 0 Å². The Balaban J connectivity index is 2.80. The molecule has 1 aromatic carbocycles. The number of benzene rings is 1. The molecule has 1 aromatic rings. The number of nitrogens with two attached hydrogens (primary N) is 1. The molecule has 6 heteroatoms. The van der Waals surface area contributed by atoms with Crippen LogP contribution in [0.3, 0.4) is 0 Å². The van der Waals surface area contributed by atoms with Gasteiger partial charge in [0.25, 0.3) is 0 Å². The molecule has 0 aliphatic rings. The van der Waals surface area contributed by atoms with Gasteiger partial charge in [0.2, 0.25) is 5.91 Å². The third-order valence-electron chi connectivity index (χ3n) is 2.82. The maximum atomic E-state index is 11.4. The number of hydrogen-bond donors (Lipinski definition) is 2. The van der Waals surface area contributed by atoms with Crippen LogP contribution in [0.5, 0.6) is 0 Å². The van der Waals surface area contributed by atoms with E-state index in [2.05, 4.69) is 5.32 Å². The minimum Gasteiger partial charge on any atom is -0.389 e. The van der Waals surface area contributed by atoms with E-state index in [-0.39, 0.29) is 5.91 Å². The molecule has 104 valence electrons. The Morgan fingerprint density at radius 1 is 1.53 bits per heavy atom. The number of halogens is 1. The van der Waals surface area contributed by atoms with E-state index in [0.29, 0.717) is 23.1 Å². The fourth-order valence-corrected chi connectivity index (χ4v) is 2.00. The maximum Gasteiger partial charge on any atom is 0.233 e. The van der Waals surface area contributed by atoms with Crippen LogP contribution in [0.1, 0.15) is 18.1 Å². The molecule has 0 saturated carbocycles. The molecule has 0 fully saturated rings. The van der Waals surface area contributed by atoms with Gasteiger partial charge in [0.05, 0.1) is 6.54 Å². The highest BCUT2D eigenvalue weighted by molar-refractivity contribution is 7.80. The molecule has 0 aliphatic heterocycles. The number of nitrogens with zero attached hydrogens (tertiary/aromatic N) is 1. The number of rotatable bonds is 6. The summed E-state index contributed by atoms with van der Waals surface area (Å²) in [6.07, 6.45) is 0. The zero-order valence-corrected chi connectivity index (χ0v) is 12.6. The van der Waals surface area contributed by atoms with Crippen molar-refractivity contribution < 1.29 is 4.79 Å². The molecule has 0 spiro atoms. The molecule has 19 heavy (non-hydrogen) atoms. The van der Waals surface area contributed by atoms with Crippen LogP contribution in [-0.2, 0) is 11.3 Å². The lowest BCUT2D eigenvalue weighted by molar-refractivity contribution is -0.121. The molecule has 3 N–H and O–H groups in total. The number of thiocarbonyl (C=S) groups is 1. The highest BCUT2D eigenvalue weighted by atomic mass is 35.5. The van der Waals surface area contributed by atoms with Gasteiger partial charge < -0.3 is 11.1 Å². The van der Waals surface area contributed by atoms with Crippen molar-refractivity contribution in [2.24, 2.45) is 5.73 Å². The summed E-state index contributed by atoms with van der Waals surface area (Å²) in [5.41, 5.74) is 7.25. The van der Waals surface area contributed by atoms with Gasteiger partial charge in [-0.1, -0.05) is 42.9 Å². The number of hydrogen-bond acceptors (Lipinski definition) is 3. The van der Waals surface area contributed by atoms with E-state index in [1.807, 2.05) is 24.0 Å². The van der Waals surface area contributed by atoms with E-state index < -0.39 is 0 Å². The molecule has 0 bridgehead atoms. The lowest BCUT2D eigenvalue weighted by atomic mass is 10.1. The van der Waals surface area contributed by atoms with Gasteiger partial charge in [-0.15, -0.1) is 0 Å². The highest BCUT2D eigenvalue weighted by Crippen LogP contribution is 2.19. The Labute approximate surface area is 123 Å². The first-order valence-corrected chi connectivity index (χ1v) is 6.77. The molecule has 0 aliphatic carbocycles. The first-order chi connectivity index (χ1) is 8.97. The van der Waals surface area contributed by atoms with Gasteiger partial charge in [0.1, 0.15) is 4.99 Å². The van der Waals surface area contributed by atoms with Crippen LogP contribution in [0.4, 0.5) is 0 Å². The first kappa shape index (κ1) is 15.9. The SMILES string of the molecule is CCN(CC(=O)NC)Cc1ccc(C(N)=S)cc1Cl. The smallest absolute Gasteiger partial charge is 0.233 e. The molecule has 0 unspecified atom stereocenters. The normalized spacial score (nSPS) is 10.5. The summed E-state index contributed by atoms with van der Waals surface area (Å²) in [6, 6.07) is 5.49. The molecule has 4 nitrogen and oxygen atoms in total. The Kier molecular flexibility index (Phi) is 6.21. The Hall–Kier alpha value is -1.17. The molecular formula is C13H18ClN3OS. The van der Waals surface area contributed by atoms with Crippen LogP contribution in [0.25, 0.3) is 0 Å². The third kappa shape index (κ3) is 4.78. The van der Waals surface area contributed by atoms with Crippen LogP contribution in [0.2, 0.25) is 5.02 Å². The highest BCUT2D eigenvalue weighted by Gasteiger charge is 2.11. The average molecular weight is 300 g/mol. The number of carbonyl (C=O) groups excluding carboxylic acids is 1. The van der Waals surface area contributed by atoms with Crippen molar-refractivity contribution in [3.05, 3.63) is 34.3 Å². The van der Waals surface area contributed by atoms with Crippen molar-refractivity contribution in [1.82, 2.24) is 10.2 Å². The van der Waals surface area contributed by atoms with E-state index in [9.17, 15) is 4.79 Å². The topological polar surface area (TPSA) is 58.4 Å². The maximum absolute atomic E-state index is 11.4. The summed E-state index contributed by atoms with van der Waals surface area (Å²) in [7, 11) is 1.63. The third-order valence-corrected chi connectivity index (χ3v) is 3.41. The summed E-state index contributed by atoms with van der Waals surface area (Å²) in [5.74, 6) is -0.0160. The summed E-state index contributed by atoms with van der Waals surface area (Å²) in [4.78, 5) is 13.7. The van der Waals surface area contributed by atoms with Gasteiger partial charge in [0.15, 0.2) is 0 Å². The average Bonchev–Trinajstić information content (AvgIpc) is 2.39. The Bertz CT molecular complexity index is 479. The van der Waals surface area contributed by atoms with Crippen molar-refractivity contribution in [2.75, 3.05) is 20.1 Å². The van der Waals surface area contributed by atoms with Gasteiger partial charge in [-0.25, -0.2) is 0 Å². The summed E-state index contributed by atoms with van der Waals surface area (Å²) in [5, 5.41) is 3.22. The second kappa shape index (κ2) is 7.43. The fourth-order valence-electron chi connectivity index (χ4n) is 1.63. The van der Waals surface area contributed by atoms with Gasteiger partial charge in [-0.2, -0.15) is 0 Å². The Morgan fingerprint density at radius 3 is 2.68 bits per heavy atom. The molecule has 0 heterocycles. The van der Waals surface area contributed by atoms with E-state index in [0.717, 1.165) is 17.7 Å². The first-order valence-electron chi connectivity index (χ1n) is 5.99. The minimum absolute atomic E-state index is 0.0160. The summed E-state index contributed by atoms with van der Waals surface area (Å²) < 4.78 is 0. The lowest BCUT2D eigenvalue weighted by Gasteiger charge is -2.20. The molecule has 0 aromatic heterocycles. The minimum atomic E-state index is -0.0160. The molecule has 1 amide bonds. The monoisotopic (exact) mass is 299 g/mol. The van der Waals surface area contributed by atoms with E-state index in [1.165, 1.54) is 0 Å². The van der Waals surface area contributed by atoms with Crippen molar-refractivity contribution in [3.63, 3.8) is 0 Å². The predicted octanol–water partition coefficient (Wildman–Crippen LogP) is 1.54. The van der Waals surface area contributed by atoms with E-state index >= 15 is 0 Å². The summed E-state index contributed by atoms with van der Waals surface area (Å²) in [6.45, 7) is 3.72. The van der Waals surface area contributed by atoms with Crippen LogP contribution in [0, 0.1) is 0 Å². The van der Waals surface area contributed by atoms with Gasteiger partial charge in [0, 0.05) is 24.2 Å². The van der Waals surface area contributed by atoms with Crippen molar-refractivity contribution >= 4 is 34.7 Å². The zero-order chi connectivity index (χ0) is 14.4. The zero-order valence-electron chi connectivity index (χ0n) is 11.1. The standard InChI is InChI=1S/C13H18ClN3OS/c1-3-17(8-12(18)16-2)7-10-5-4-9(13(15)19)6-11(10)14/h4-6H,3,7-8H2,1-2H3,(H2,15,19)(H,16,18). The van der Waals surface area contributed by atoms with E-state index in [1.54, 1.807) is 13.1 Å². The quantitative estimate of drug-likeness (QED) is 0.783. The fraction of sp³-hybridized carbons (Fsp3) is 0.385. The number of likely N-dealkylation sites (N-methyl/N-ethyl adjacent to an activating group) is 2. The second-order valence-electron chi connectivity index (χ2n) is 4.15. The van der Waals surface area contributed by atoms with Crippen molar-refractivity contribution in [1.29, 1.82) is 0 Å². The molecule has 0 radical (unpaired) electrons. The molecule has 0 saturated heterocycles. The van der Waals surface area contributed by atoms with Crippen LogP contribution in [-0.4, -0.2) is 35.9 Å². The second-order valence-corrected chi connectivity index (χ2v) is 4.99. The molecular weight excluding hydrogens is 282 g/mol. The summed E-state index contributed by atoms with van der Waals surface area (Å²) >= 11 is 11.1. The largest absolute Gasteiger partial charge is 0.389 e. The van der Waals surface area contributed by atoms with Gasteiger partial charge >= 0.3 is 0 Å². The Morgan fingerprint density at radius 2 is 2.21 bits per heavy atom. The van der Waals surface area contributed by atoms with Crippen LogP contribution < -0.4 is 11.1 Å². The van der Waals surface area contributed by atoms with Gasteiger partial charge in [-0.3, -0.25) is 9.69 Å². The molecule has 0 atom stereocenters. The van der Waals surface area contributed by atoms with E-state index in [4.69, 9.17) is 29.6 Å². The van der Waals surface area contributed by atoms with Crippen molar-refractivity contribution in [2.45, 2.75) is 13.5 Å². The number of carbonyl (C=O) groups is 1. The van der Waals surface area contributed by atoms with Crippen LogP contribution >= 0.6 is 23.8 Å². The number of amides is 1. The predicted molar refractivity (Wildman–Crippen MR) is 82.4 cm³/mol. The molecule has 1 rings (SSSR count). The van der Waals surface area contributed by atoms with Crippen LogP contribution in [0.15, 0.2) is 18.2 Å². The lowest BCUT2D eigenvalue weighted by Crippen LogP contribution is -2.35. The number of nitrogens with one attached hydrogen (secondary N) is 1. The van der Waals surface area contributed by atoms with Gasteiger partial charge in [-0.05, 0) is 18.2 Å².